The molecule has 128 valence electrons. The molecule has 2 heterocycles. The Morgan fingerprint density at radius 2 is 2.13 bits per heavy atom. The molecule has 0 bridgehead atoms. The largest absolute Gasteiger partial charge is 0.469 e. The molecule has 0 spiro atoms. The Bertz CT molecular complexity index is 474. The van der Waals surface area contributed by atoms with E-state index in [1.807, 2.05) is 23.9 Å². The normalized spacial score (nSPS) is 24.7. The van der Waals surface area contributed by atoms with Crippen molar-refractivity contribution in [3.05, 3.63) is 24.2 Å². The fourth-order valence-electron chi connectivity index (χ4n) is 3.84. The molecule has 2 atom stereocenters. The van der Waals surface area contributed by atoms with Crippen LogP contribution in [-0.4, -0.2) is 49.0 Å². The molecule has 1 N–H and O–H groups in total. The summed E-state index contributed by atoms with van der Waals surface area (Å²) in [4.78, 5) is 7.36. The van der Waals surface area contributed by atoms with E-state index < -0.39 is 0 Å². The summed E-state index contributed by atoms with van der Waals surface area (Å²) in [6.07, 6.45) is 10.4. The maximum atomic E-state index is 5.42. The average molecular weight is 336 g/mol. The van der Waals surface area contributed by atoms with Gasteiger partial charge >= 0.3 is 0 Å². The van der Waals surface area contributed by atoms with Gasteiger partial charge in [-0.25, -0.2) is 0 Å². The van der Waals surface area contributed by atoms with Crippen molar-refractivity contribution >= 4 is 17.7 Å². The topological polar surface area (TPSA) is 40.8 Å². The molecule has 0 amide bonds. The molecule has 3 rings (SSSR count). The lowest BCUT2D eigenvalue weighted by molar-refractivity contribution is 0.299. The fourth-order valence-corrected chi connectivity index (χ4v) is 4.12. The molecule has 1 aliphatic heterocycles. The minimum absolute atomic E-state index is 0.886. The van der Waals surface area contributed by atoms with Crippen LogP contribution in [-0.2, 0) is 6.42 Å². The highest BCUT2D eigenvalue weighted by molar-refractivity contribution is 7.98. The molecule has 0 aromatic carbocycles. The van der Waals surface area contributed by atoms with E-state index in [-0.39, 0.29) is 0 Å². The van der Waals surface area contributed by atoms with E-state index in [2.05, 4.69) is 16.5 Å². The zero-order valence-corrected chi connectivity index (χ0v) is 15.0. The van der Waals surface area contributed by atoms with Gasteiger partial charge in [-0.3, -0.25) is 4.99 Å². The molecule has 2 aliphatic rings. The number of nitrogens with one attached hydrogen (secondary N) is 1. The Morgan fingerprint density at radius 1 is 1.35 bits per heavy atom. The van der Waals surface area contributed by atoms with E-state index in [0.717, 1.165) is 48.8 Å². The summed E-state index contributed by atoms with van der Waals surface area (Å²) >= 11 is 1.86. The van der Waals surface area contributed by atoms with Crippen LogP contribution in [0.5, 0.6) is 0 Å². The van der Waals surface area contributed by atoms with Gasteiger partial charge in [0, 0.05) is 31.8 Å². The lowest BCUT2D eigenvalue weighted by Crippen LogP contribution is -2.41. The Hall–Kier alpha value is -1.10. The van der Waals surface area contributed by atoms with E-state index in [9.17, 15) is 0 Å². The first-order chi connectivity index (χ1) is 11.4. The minimum atomic E-state index is 0.886. The van der Waals surface area contributed by atoms with E-state index >= 15 is 0 Å². The highest BCUT2D eigenvalue weighted by Gasteiger charge is 2.35. The monoisotopic (exact) mass is 335 g/mol. The minimum Gasteiger partial charge on any atom is -0.469 e. The number of fused-ring (bicyclic) bond motifs is 1. The molecule has 1 aromatic rings. The lowest BCUT2D eigenvalue weighted by Gasteiger charge is -2.22. The summed E-state index contributed by atoms with van der Waals surface area (Å²) in [7, 11) is 0. The number of thioether (sulfide) groups is 1. The second-order valence-corrected chi connectivity index (χ2v) is 7.65. The van der Waals surface area contributed by atoms with Crippen molar-refractivity contribution in [1.82, 2.24) is 10.2 Å². The van der Waals surface area contributed by atoms with Gasteiger partial charge in [-0.05, 0) is 43.1 Å². The van der Waals surface area contributed by atoms with Crippen molar-refractivity contribution in [2.24, 2.45) is 16.8 Å². The zero-order chi connectivity index (χ0) is 15.9. The lowest BCUT2D eigenvalue weighted by atomic mass is 9.82. The maximum absolute atomic E-state index is 5.42. The number of nitrogens with zero attached hydrogens (tertiary/aromatic N) is 2. The van der Waals surface area contributed by atoms with Gasteiger partial charge in [0.05, 0.1) is 12.8 Å². The first kappa shape index (κ1) is 16.7. The molecule has 2 fully saturated rings. The Morgan fingerprint density at radius 3 is 2.78 bits per heavy atom. The Kier molecular flexibility index (Phi) is 6.31. The average Bonchev–Trinajstić information content (AvgIpc) is 3.22. The molecule has 1 saturated heterocycles. The second-order valence-electron chi connectivity index (χ2n) is 6.66. The fraction of sp³-hybridized carbons (Fsp3) is 0.722. The third-order valence-corrected chi connectivity index (χ3v) is 5.66. The van der Waals surface area contributed by atoms with Crippen LogP contribution in [0.4, 0.5) is 0 Å². The molecular weight excluding hydrogens is 306 g/mol. The number of furan rings is 1. The third kappa shape index (κ3) is 4.69. The summed E-state index contributed by atoms with van der Waals surface area (Å²) in [5, 5.41) is 3.58. The Labute approximate surface area is 144 Å². The summed E-state index contributed by atoms with van der Waals surface area (Å²) in [6, 6.07) is 3.99. The van der Waals surface area contributed by atoms with Gasteiger partial charge in [0.25, 0.3) is 0 Å². The predicted octanol–water partition coefficient (Wildman–Crippen LogP) is 3.25. The van der Waals surface area contributed by atoms with Gasteiger partial charge in [-0.15, -0.1) is 0 Å². The molecule has 1 saturated carbocycles. The predicted molar refractivity (Wildman–Crippen MR) is 98.1 cm³/mol. The van der Waals surface area contributed by atoms with Gasteiger partial charge in [0.2, 0.25) is 0 Å². The van der Waals surface area contributed by atoms with E-state index in [1.54, 1.807) is 6.26 Å². The van der Waals surface area contributed by atoms with Crippen LogP contribution in [0.15, 0.2) is 27.8 Å². The van der Waals surface area contributed by atoms with Gasteiger partial charge in [0.1, 0.15) is 5.76 Å². The summed E-state index contributed by atoms with van der Waals surface area (Å²) in [6.45, 7) is 4.17. The van der Waals surface area contributed by atoms with Gasteiger partial charge < -0.3 is 14.6 Å². The van der Waals surface area contributed by atoms with Gasteiger partial charge in [-0.1, -0.05) is 12.8 Å². The molecule has 5 heteroatoms. The number of aliphatic imine (C=N–C) groups is 1. The van der Waals surface area contributed by atoms with Crippen molar-refractivity contribution < 1.29 is 4.42 Å². The van der Waals surface area contributed by atoms with E-state index in [1.165, 1.54) is 38.8 Å². The number of hydrogen-bond donors (Lipinski definition) is 1. The number of rotatable bonds is 6. The van der Waals surface area contributed by atoms with Crippen molar-refractivity contribution in [2.45, 2.75) is 32.1 Å². The maximum Gasteiger partial charge on any atom is 0.193 e. The van der Waals surface area contributed by atoms with Crippen LogP contribution in [0.2, 0.25) is 0 Å². The number of likely N-dealkylation sites (tertiary alicyclic amines) is 1. The third-order valence-electron chi connectivity index (χ3n) is 5.07. The summed E-state index contributed by atoms with van der Waals surface area (Å²) in [5.74, 6) is 5.02. The van der Waals surface area contributed by atoms with Crippen LogP contribution in [0.1, 0.15) is 31.4 Å². The van der Waals surface area contributed by atoms with Crippen LogP contribution >= 0.6 is 11.8 Å². The van der Waals surface area contributed by atoms with Gasteiger partial charge in [0.15, 0.2) is 5.96 Å². The van der Waals surface area contributed by atoms with Gasteiger partial charge in [-0.2, -0.15) is 11.8 Å². The SMILES string of the molecule is CSCCN=C(NCCc1ccco1)N1CC2CCCCC2C1. The first-order valence-electron chi connectivity index (χ1n) is 8.91. The Balaban J connectivity index is 1.55. The van der Waals surface area contributed by atoms with E-state index in [4.69, 9.17) is 9.41 Å². The highest BCUT2D eigenvalue weighted by atomic mass is 32.2. The number of hydrogen-bond acceptors (Lipinski definition) is 3. The highest BCUT2D eigenvalue weighted by Crippen LogP contribution is 2.35. The molecule has 4 nitrogen and oxygen atoms in total. The van der Waals surface area contributed by atoms with Crippen LogP contribution in [0.25, 0.3) is 0 Å². The van der Waals surface area contributed by atoms with Crippen LogP contribution < -0.4 is 5.32 Å². The van der Waals surface area contributed by atoms with Crippen molar-refractivity contribution in [3.8, 4) is 0 Å². The molecule has 2 unspecified atom stereocenters. The standard InChI is InChI=1S/C18H29N3OS/c1-23-12-10-20-18(19-9-8-17-7-4-11-22-17)21-13-15-5-2-3-6-16(15)14-21/h4,7,11,15-16H,2-3,5-6,8-10,12-14H2,1H3,(H,19,20). The molecule has 1 aromatic heterocycles. The van der Waals surface area contributed by atoms with E-state index in [0.29, 0.717) is 0 Å². The van der Waals surface area contributed by atoms with Crippen molar-refractivity contribution in [2.75, 3.05) is 38.2 Å². The molecule has 1 aliphatic carbocycles. The van der Waals surface area contributed by atoms with Crippen molar-refractivity contribution in [3.63, 3.8) is 0 Å². The second kappa shape index (κ2) is 8.67. The first-order valence-corrected chi connectivity index (χ1v) is 10.3. The molecular formula is C18H29N3OS. The van der Waals surface area contributed by atoms with Crippen molar-refractivity contribution in [1.29, 1.82) is 0 Å². The smallest absolute Gasteiger partial charge is 0.193 e. The molecule has 23 heavy (non-hydrogen) atoms. The molecule has 0 radical (unpaired) electrons. The quantitative estimate of drug-likeness (QED) is 0.492. The number of guanidine groups is 1. The summed E-state index contributed by atoms with van der Waals surface area (Å²) < 4.78 is 5.42. The van der Waals surface area contributed by atoms with Crippen LogP contribution in [0.3, 0.4) is 0 Å². The van der Waals surface area contributed by atoms with Crippen LogP contribution in [0, 0.1) is 11.8 Å². The zero-order valence-electron chi connectivity index (χ0n) is 14.2. The summed E-state index contributed by atoms with van der Waals surface area (Å²) in [5.41, 5.74) is 0.